The number of rotatable bonds is 1. The van der Waals surface area contributed by atoms with Crippen molar-refractivity contribution in [1.29, 1.82) is 0 Å². The minimum atomic E-state index is -1.10. The Hall–Kier alpha value is 4.74. The van der Waals surface area contributed by atoms with Gasteiger partial charge in [-0.2, -0.15) is 0 Å². The average Bonchev–Trinajstić information content (AvgIpc) is 1.31. The Labute approximate surface area is 104 Å². The molecule has 0 aliphatic carbocycles. The maximum atomic E-state index is 2.70. The van der Waals surface area contributed by atoms with Gasteiger partial charge in [-0.1, -0.05) is 0 Å². The van der Waals surface area contributed by atoms with Crippen molar-refractivity contribution < 1.29 is 0 Å². The van der Waals surface area contributed by atoms with Gasteiger partial charge in [-0.3, -0.25) is 0 Å². The fraction of sp³-hybridized carbons (Fsp3) is 0. The molecule has 0 unspecified atom stereocenters. The molecule has 0 bridgehead atoms. The third kappa shape index (κ3) is 7.11. The molecule has 0 heterocycles. The second-order valence-corrected chi connectivity index (χ2v) is 168. The molecule has 0 radical (unpaired) electrons. The fourth-order valence-corrected chi connectivity index (χ4v) is 0. The van der Waals surface area contributed by atoms with Gasteiger partial charge in [-0.05, 0) is 0 Å². The zero-order chi connectivity index (χ0) is 6.08. The fourth-order valence-electron chi connectivity index (χ4n) is 0. The van der Waals surface area contributed by atoms with Crippen LogP contribution in [-0.4, -0.2) is 7.13 Å². The summed E-state index contributed by atoms with van der Waals surface area (Å²) in [6, 6.07) is 0. The van der Waals surface area contributed by atoms with E-state index in [1.165, 1.54) is 0 Å². The van der Waals surface area contributed by atoms with Gasteiger partial charge in [0.05, 0.1) is 0 Å². The van der Waals surface area contributed by atoms with E-state index in [9.17, 15) is 0 Å². The Morgan fingerprint density at radius 3 is 1.14 bits per heavy atom. The second-order valence-electron chi connectivity index (χ2n) is 0.842. The van der Waals surface area contributed by atoms with Crippen LogP contribution in [0.25, 0.3) is 0 Å². The van der Waals surface area contributed by atoms with E-state index in [1.54, 1.807) is 0 Å². The Balaban J connectivity index is 3.54. The van der Waals surface area contributed by atoms with Gasteiger partial charge in [0.2, 0.25) is 0 Å². The van der Waals surface area contributed by atoms with E-state index in [4.69, 9.17) is 0 Å². The van der Waals surface area contributed by atoms with Crippen molar-refractivity contribution in [3.8, 4) is 0 Å². The molecule has 44 valence electrons. The summed E-state index contributed by atoms with van der Waals surface area (Å²) >= 11 is 13.5. The molecule has 0 N–H and O–H groups in total. The van der Waals surface area contributed by atoms with Crippen LogP contribution < -0.4 is 0 Å². The molecule has 0 aromatic rings. The molecule has 0 aliphatic heterocycles. The third-order valence-electron chi connectivity index (χ3n) is 0.247. The molecule has 0 rings (SSSR count). The molecular weight excluding hydrogens is 780 g/mol. The molecule has 7 heavy (non-hydrogen) atoms. The molecule has 0 saturated carbocycles. The van der Waals surface area contributed by atoms with E-state index in [2.05, 4.69) is 101 Å². The standard InChI is InChI=1S/Ge2HI5/c3-1(4)2(5,6)7/h1H. The monoisotopic (exact) mass is 783 g/mol. The van der Waals surface area contributed by atoms with Gasteiger partial charge in [-0.25, -0.2) is 0 Å². The minimum absolute atomic E-state index is 0.676. The normalized spacial score (nSPS) is 12.9. The molecular formula is HGe2I5. The van der Waals surface area contributed by atoms with Gasteiger partial charge in [0.15, 0.2) is 0 Å². The molecule has 0 fully saturated rings. The Morgan fingerprint density at radius 2 is 1.14 bits per heavy atom. The van der Waals surface area contributed by atoms with Crippen molar-refractivity contribution in [3.05, 3.63) is 0 Å². The van der Waals surface area contributed by atoms with Gasteiger partial charge >= 0.3 is 108 Å². The number of hydrogen-bond donors (Lipinski definition) is 0. The van der Waals surface area contributed by atoms with Crippen LogP contribution in [0.2, 0.25) is 0 Å². The van der Waals surface area contributed by atoms with Gasteiger partial charge in [0.1, 0.15) is 0 Å². The van der Waals surface area contributed by atoms with Crippen molar-refractivity contribution in [3.63, 3.8) is 0 Å². The van der Waals surface area contributed by atoms with E-state index in [1.807, 2.05) is 0 Å². The van der Waals surface area contributed by atoms with Gasteiger partial charge in [0.25, 0.3) is 0 Å². The van der Waals surface area contributed by atoms with Crippen LogP contribution in [0.1, 0.15) is 0 Å². The Kier molecular flexibility index (Phi) is 9.04. The van der Waals surface area contributed by atoms with E-state index < -0.39 is 7.13 Å². The first-order valence-electron chi connectivity index (χ1n) is 1.29. The van der Waals surface area contributed by atoms with Crippen molar-refractivity contribution >= 4 is 108 Å². The van der Waals surface area contributed by atoms with E-state index >= 15 is 0 Å². The van der Waals surface area contributed by atoms with Crippen LogP contribution in [0.3, 0.4) is 0 Å². The number of hydrogen-bond acceptors (Lipinski definition) is 0. The predicted octanol–water partition coefficient (Wildman–Crippen LogP) is 3.40. The Bertz CT molecular complexity index is 51.6. The van der Waals surface area contributed by atoms with Crippen LogP contribution in [0.4, 0.5) is 0 Å². The van der Waals surface area contributed by atoms with Gasteiger partial charge in [-0.15, -0.1) is 0 Å². The van der Waals surface area contributed by atoms with E-state index in [0.29, 0.717) is 0 Å². The second kappa shape index (κ2) is 5.39. The zero-order valence-electron chi connectivity index (χ0n) is 2.97. The predicted molar refractivity (Wildman–Crippen MR) is 83.0 cm³/mol. The molecule has 7 heteroatoms. The van der Waals surface area contributed by atoms with Gasteiger partial charge < -0.3 is 0 Å². The third-order valence-corrected chi connectivity index (χ3v) is 301. The van der Waals surface area contributed by atoms with Crippen molar-refractivity contribution in [2.45, 2.75) is 0 Å². The van der Waals surface area contributed by atoms with Crippen LogP contribution in [0, 0.1) is 0 Å². The first-order valence-corrected chi connectivity index (χ1v) is 42.8. The maximum absolute atomic E-state index is 2.70. The topological polar surface area (TPSA) is 0 Å². The molecule has 0 spiro atoms. The molecule has 0 nitrogen and oxygen atoms in total. The van der Waals surface area contributed by atoms with Crippen molar-refractivity contribution in [2.24, 2.45) is 0 Å². The molecule has 0 aliphatic rings. The first-order chi connectivity index (χ1) is 2.94. The van der Waals surface area contributed by atoms with Crippen molar-refractivity contribution in [2.75, 3.05) is 0 Å². The summed E-state index contributed by atoms with van der Waals surface area (Å²) in [7, 11) is 0. The molecule has 0 saturated heterocycles. The van der Waals surface area contributed by atoms with Crippen LogP contribution >= 0.6 is 101 Å². The summed E-state index contributed by atoms with van der Waals surface area (Å²) in [5.41, 5.74) is 0. The van der Waals surface area contributed by atoms with Crippen LogP contribution in [0.15, 0.2) is 0 Å². The van der Waals surface area contributed by atoms with Crippen LogP contribution in [-0.2, 0) is 0 Å². The zero-order valence-corrected chi connectivity index (χ0v) is 18.3. The van der Waals surface area contributed by atoms with Crippen molar-refractivity contribution in [1.82, 2.24) is 0 Å². The molecule has 0 atom stereocenters. The summed E-state index contributed by atoms with van der Waals surface area (Å²) in [6.45, 7) is 0. The summed E-state index contributed by atoms with van der Waals surface area (Å²) in [4.78, 5) is 0. The van der Waals surface area contributed by atoms with E-state index in [-0.39, 0.29) is 0 Å². The average molecular weight is 781 g/mol. The number of halogens is 5. The summed E-state index contributed by atoms with van der Waals surface area (Å²) in [5.74, 6) is -0.676. The Morgan fingerprint density at radius 1 is 1.00 bits per heavy atom. The summed E-state index contributed by atoms with van der Waals surface area (Å²) in [6.07, 6.45) is 0. The summed E-state index contributed by atoms with van der Waals surface area (Å²) < 4.78 is -1.10. The molecule has 0 aromatic heterocycles. The van der Waals surface area contributed by atoms with Crippen LogP contribution in [0.5, 0.6) is 0 Å². The first kappa shape index (κ1) is 11.7. The molecule has 0 amide bonds. The quantitative estimate of drug-likeness (QED) is 0.283. The molecule has 0 aromatic carbocycles. The van der Waals surface area contributed by atoms with E-state index in [0.717, 1.165) is 0 Å². The summed E-state index contributed by atoms with van der Waals surface area (Å²) in [5, 5.41) is 0. The SMILES string of the molecule is [I][GeH]([I])[Ge]([I])([I])[I]. The van der Waals surface area contributed by atoms with Gasteiger partial charge in [0, 0.05) is 0 Å².